The van der Waals surface area contributed by atoms with Gasteiger partial charge in [0, 0.05) is 19.5 Å². The Morgan fingerprint density at radius 1 is 0.920 bits per heavy atom. The predicted octanol–water partition coefficient (Wildman–Crippen LogP) is 4.46. The zero-order valence-electron chi connectivity index (χ0n) is 16.5. The number of unbranched alkanes of at least 4 members (excludes halogenated alkanes) is 11. The summed E-state index contributed by atoms with van der Waals surface area (Å²) in [6, 6.07) is 0. The third-order valence-electron chi connectivity index (χ3n) is 4.47. The molecule has 0 aromatic rings. The molecular weight excluding hydrogens is 312 g/mol. The van der Waals surface area contributed by atoms with Gasteiger partial charge in [-0.2, -0.15) is 0 Å². The average Bonchev–Trinajstić information content (AvgIpc) is 2.62. The van der Waals surface area contributed by atoms with E-state index in [0.717, 1.165) is 12.8 Å². The van der Waals surface area contributed by atoms with Gasteiger partial charge in [-0.15, -0.1) is 0 Å². The van der Waals surface area contributed by atoms with Gasteiger partial charge in [0.05, 0.1) is 6.10 Å². The van der Waals surface area contributed by atoms with Crippen molar-refractivity contribution >= 4 is 5.91 Å². The maximum atomic E-state index is 11.5. The van der Waals surface area contributed by atoms with Gasteiger partial charge in [0.25, 0.3) is 0 Å². The van der Waals surface area contributed by atoms with Crippen LogP contribution >= 0.6 is 0 Å². The first-order chi connectivity index (χ1) is 12.2. The van der Waals surface area contributed by atoms with Crippen molar-refractivity contribution < 1.29 is 9.90 Å². The Kier molecular flexibility index (Phi) is 18.8. The van der Waals surface area contributed by atoms with Crippen molar-refractivity contribution in [2.45, 2.75) is 103 Å². The van der Waals surface area contributed by atoms with Gasteiger partial charge in [0.15, 0.2) is 0 Å². The summed E-state index contributed by atoms with van der Waals surface area (Å²) in [6.07, 6.45) is 21.0. The number of carbonyl (C=O) groups is 1. The van der Waals surface area contributed by atoms with Crippen molar-refractivity contribution in [1.29, 1.82) is 0 Å². The van der Waals surface area contributed by atoms with Crippen molar-refractivity contribution in [3.05, 3.63) is 12.2 Å². The van der Waals surface area contributed by atoms with Gasteiger partial charge in [0.2, 0.25) is 5.91 Å². The molecule has 0 aliphatic heterocycles. The van der Waals surface area contributed by atoms with Crippen LogP contribution in [0.15, 0.2) is 12.2 Å². The molecule has 0 bridgehead atoms. The molecule has 0 rings (SSSR count). The molecule has 0 aromatic heterocycles. The number of hydrogen-bond donors (Lipinski definition) is 3. The molecule has 0 heterocycles. The minimum Gasteiger partial charge on any atom is -0.390 e. The zero-order chi connectivity index (χ0) is 18.6. The maximum Gasteiger partial charge on any atom is 0.220 e. The molecule has 0 saturated heterocycles. The van der Waals surface area contributed by atoms with Crippen molar-refractivity contribution in [3.63, 3.8) is 0 Å². The largest absolute Gasteiger partial charge is 0.390 e. The Balaban J connectivity index is 3.22. The van der Waals surface area contributed by atoms with E-state index in [-0.39, 0.29) is 19.0 Å². The first kappa shape index (κ1) is 24.1. The molecule has 4 N–H and O–H groups in total. The smallest absolute Gasteiger partial charge is 0.220 e. The molecule has 0 radical (unpaired) electrons. The average molecular weight is 355 g/mol. The Hall–Kier alpha value is -0.870. The fraction of sp³-hybridized carbons (Fsp3) is 0.857. The summed E-state index contributed by atoms with van der Waals surface area (Å²) >= 11 is 0. The molecule has 4 heteroatoms. The van der Waals surface area contributed by atoms with Crippen LogP contribution in [-0.2, 0) is 4.79 Å². The Labute approximate surface area is 155 Å². The molecule has 0 aliphatic carbocycles. The summed E-state index contributed by atoms with van der Waals surface area (Å²) in [5, 5.41) is 12.0. The fourth-order valence-electron chi connectivity index (χ4n) is 2.76. The normalized spacial score (nSPS) is 12.6. The molecule has 0 spiro atoms. The van der Waals surface area contributed by atoms with Crippen LogP contribution in [0.2, 0.25) is 0 Å². The van der Waals surface area contributed by atoms with E-state index in [9.17, 15) is 9.90 Å². The van der Waals surface area contributed by atoms with Crippen LogP contribution in [-0.4, -0.2) is 30.2 Å². The number of aliphatic hydroxyl groups excluding tert-OH is 1. The van der Waals surface area contributed by atoms with E-state index in [0.29, 0.717) is 6.42 Å². The van der Waals surface area contributed by atoms with Crippen molar-refractivity contribution in [1.82, 2.24) is 5.32 Å². The first-order valence-corrected chi connectivity index (χ1v) is 10.5. The highest BCUT2D eigenvalue weighted by molar-refractivity contribution is 5.75. The number of allylic oxidation sites excluding steroid dienone is 2. The highest BCUT2D eigenvalue weighted by Gasteiger charge is 2.04. The minimum atomic E-state index is -0.627. The van der Waals surface area contributed by atoms with Crippen LogP contribution in [0.4, 0.5) is 0 Å². The third-order valence-corrected chi connectivity index (χ3v) is 4.47. The van der Waals surface area contributed by atoms with E-state index in [1.807, 2.05) is 0 Å². The highest BCUT2D eigenvalue weighted by Crippen LogP contribution is 2.09. The molecule has 1 amide bonds. The Morgan fingerprint density at radius 3 is 2.00 bits per heavy atom. The molecule has 4 nitrogen and oxygen atoms in total. The van der Waals surface area contributed by atoms with E-state index in [4.69, 9.17) is 5.73 Å². The van der Waals surface area contributed by atoms with Gasteiger partial charge < -0.3 is 16.2 Å². The van der Waals surface area contributed by atoms with E-state index < -0.39 is 6.10 Å². The van der Waals surface area contributed by atoms with Crippen LogP contribution in [0.5, 0.6) is 0 Å². The number of carbonyl (C=O) groups excluding carboxylic acids is 1. The lowest BCUT2D eigenvalue weighted by molar-refractivity contribution is -0.121. The second kappa shape index (κ2) is 19.5. The van der Waals surface area contributed by atoms with E-state index in [2.05, 4.69) is 24.4 Å². The monoisotopic (exact) mass is 354 g/mol. The zero-order valence-corrected chi connectivity index (χ0v) is 16.5. The molecule has 1 atom stereocenters. The number of rotatable bonds is 18. The summed E-state index contributed by atoms with van der Waals surface area (Å²) in [6.45, 7) is 2.71. The summed E-state index contributed by atoms with van der Waals surface area (Å²) < 4.78 is 0. The van der Waals surface area contributed by atoms with Gasteiger partial charge in [-0.25, -0.2) is 0 Å². The van der Waals surface area contributed by atoms with Gasteiger partial charge in [0.1, 0.15) is 0 Å². The minimum absolute atomic E-state index is 0.0186. The maximum absolute atomic E-state index is 11.5. The van der Waals surface area contributed by atoms with E-state index in [1.54, 1.807) is 0 Å². The SMILES string of the molecule is CCCCCCCCC=CCCCCCCCC(=O)NCC(O)CN. The quantitative estimate of drug-likeness (QED) is 0.251. The fourth-order valence-corrected chi connectivity index (χ4v) is 2.76. The van der Waals surface area contributed by atoms with Crippen LogP contribution < -0.4 is 11.1 Å². The predicted molar refractivity (Wildman–Crippen MR) is 108 cm³/mol. The second-order valence-electron chi connectivity index (χ2n) is 7.03. The van der Waals surface area contributed by atoms with Gasteiger partial charge in [-0.1, -0.05) is 70.4 Å². The van der Waals surface area contributed by atoms with Crippen LogP contribution in [0.3, 0.4) is 0 Å². The molecule has 0 saturated carbocycles. The number of hydrogen-bond acceptors (Lipinski definition) is 3. The van der Waals surface area contributed by atoms with Crippen LogP contribution in [0, 0.1) is 0 Å². The van der Waals surface area contributed by atoms with Crippen molar-refractivity contribution in [2.75, 3.05) is 13.1 Å². The van der Waals surface area contributed by atoms with E-state index >= 15 is 0 Å². The number of amides is 1. The molecule has 0 fully saturated rings. The Bertz CT molecular complexity index is 319. The van der Waals surface area contributed by atoms with Crippen LogP contribution in [0.25, 0.3) is 0 Å². The molecular formula is C21H42N2O2. The lowest BCUT2D eigenvalue weighted by Crippen LogP contribution is -2.35. The standard InChI is InChI=1S/C21H42N2O2/c1-2-3-4-5-6-7-8-9-10-11-12-13-14-15-16-17-21(25)23-19-20(24)18-22/h9-10,20,24H,2-8,11-19,22H2,1H3,(H,23,25). The van der Waals surface area contributed by atoms with Gasteiger partial charge in [-0.3, -0.25) is 4.79 Å². The Morgan fingerprint density at radius 2 is 1.44 bits per heavy atom. The molecule has 0 aromatic carbocycles. The van der Waals surface area contributed by atoms with Gasteiger partial charge in [-0.05, 0) is 32.1 Å². The number of aliphatic hydroxyl groups is 1. The van der Waals surface area contributed by atoms with Crippen molar-refractivity contribution in [3.8, 4) is 0 Å². The van der Waals surface area contributed by atoms with E-state index in [1.165, 1.54) is 70.6 Å². The molecule has 0 aliphatic rings. The number of nitrogens with one attached hydrogen (secondary N) is 1. The number of nitrogens with two attached hydrogens (primary N) is 1. The summed E-state index contributed by atoms with van der Waals surface area (Å²) in [4.78, 5) is 11.5. The topological polar surface area (TPSA) is 75.3 Å². The summed E-state index contributed by atoms with van der Waals surface area (Å²) in [5.74, 6) is 0.0186. The highest BCUT2D eigenvalue weighted by atomic mass is 16.3. The lowest BCUT2D eigenvalue weighted by Gasteiger charge is -2.09. The van der Waals surface area contributed by atoms with Crippen molar-refractivity contribution in [2.24, 2.45) is 5.73 Å². The lowest BCUT2D eigenvalue weighted by atomic mass is 10.1. The summed E-state index contributed by atoms with van der Waals surface area (Å²) in [7, 11) is 0. The molecule has 1 unspecified atom stereocenters. The third kappa shape index (κ3) is 19.3. The van der Waals surface area contributed by atoms with Gasteiger partial charge >= 0.3 is 0 Å². The second-order valence-corrected chi connectivity index (χ2v) is 7.03. The van der Waals surface area contributed by atoms with Crippen LogP contribution in [0.1, 0.15) is 96.8 Å². The summed E-state index contributed by atoms with van der Waals surface area (Å²) in [5.41, 5.74) is 5.29. The first-order valence-electron chi connectivity index (χ1n) is 10.5. The molecule has 25 heavy (non-hydrogen) atoms. The molecule has 148 valence electrons.